The number of nitrogens with one attached hydrogen (secondary N) is 1. The third kappa shape index (κ3) is 2.62. The largest absolute Gasteiger partial charge is 0.391 e. The highest BCUT2D eigenvalue weighted by atomic mass is 79.9. The minimum Gasteiger partial charge on any atom is -0.391 e. The Morgan fingerprint density at radius 1 is 1.19 bits per heavy atom. The minimum atomic E-state index is -0.135. The lowest BCUT2D eigenvalue weighted by Crippen LogP contribution is -2.09. The van der Waals surface area contributed by atoms with Crippen molar-refractivity contribution in [3.8, 4) is 0 Å². The fourth-order valence-electron chi connectivity index (χ4n) is 1.20. The van der Waals surface area contributed by atoms with E-state index in [1.54, 1.807) is 12.1 Å². The van der Waals surface area contributed by atoms with Crippen LogP contribution < -0.4 is 11.1 Å². The Balaban J connectivity index is 2.10. The van der Waals surface area contributed by atoms with Crippen molar-refractivity contribution in [1.82, 2.24) is 0 Å². The molecule has 0 saturated heterocycles. The fourth-order valence-corrected chi connectivity index (χ4v) is 2.13. The standard InChI is InChI=1S/C11H9BrN2OS/c12-7-1-3-8(4-2-7)14-11(15)9-5-6-10(13)16-9/h1-6H,13H2,(H,14,15). The molecule has 0 atom stereocenters. The van der Waals surface area contributed by atoms with Crippen molar-refractivity contribution < 1.29 is 4.79 Å². The number of hydrogen-bond donors (Lipinski definition) is 2. The SMILES string of the molecule is Nc1ccc(C(=O)Nc2ccc(Br)cc2)s1. The highest BCUT2D eigenvalue weighted by Gasteiger charge is 2.08. The molecule has 16 heavy (non-hydrogen) atoms. The van der Waals surface area contributed by atoms with Crippen LogP contribution in [0.5, 0.6) is 0 Å². The average molecular weight is 297 g/mol. The van der Waals surface area contributed by atoms with E-state index in [9.17, 15) is 4.79 Å². The Labute approximate surface area is 105 Å². The molecule has 1 amide bonds. The molecule has 1 heterocycles. The molecule has 3 nitrogen and oxygen atoms in total. The van der Waals surface area contributed by atoms with Crippen LogP contribution in [0.25, 0.3) is 0 Å². The summed E-state index contributed by atoms with van der Waals surface area (Å²) in [7, 11) is 0. The summed E-state index contributed by atoms with van der Waals surface area (Å²) in [5.74, 6) is -0.135. The van der Waals surface area contributed by atoms with Crippen LogP contribution in [0.2, 0.25) is 0 Å². The van der Waals surface area contributed by atoms with E-state index >= 15 is 0 Å². The zero-order valence-corrected chi connectivity index (χ0v) is 10.6. The van der Waals surface area contributed by atoms with Gasteiger partial charge in [-0.15, -0.1) is 11.3 Å². The van der Waals surface area contributed by atoms with Crippen molar-refractivity contribution >= 4 is 43.9 Å². The van der Waals surface area contributed by atoms with E-state index in [4.69, 9.17) is 5.73 Å². The molecule has 3 N–H and O–H groups in total. The first-order valence-electron chi connectivity index (χ1n) is 4.57. The van der Waals surface area contributed by atoms with Crippen LogP contribution in [0.4, 0.5) is 10.7 Å². The highest BCUT2D eigenvalue weighted by Crippen LogP contribution is 2.20. The number of carbonyl (C=O) groups excluding carboxylic acids is 1. The summed E-state index contributed by atoms with van der Waals surface area (Å²) in [4.78, 5) is 12.4. The summed E-state index contributed by atoms with van der Waals surface area (Å²) in [5, 5.41) is 3.43. The summed E-state index contributed by atoms with van der Waals surface area (Å²) in [5.41, 5.74) is 6.33. The molecule has 2 aromatic rings. The molecule has 2 rings (SSSR count). The second-order valence-electron chi connectivity index (χ2n) is 3.16. The average Bonchev–Trinajstić information content (AvgIpc) is 2.68. The predicted octanol–water partition coefficient (Wildman–Crippen LogP) is 3.35. The normalized spacial score (nSPS) is 10.1. The van der Waals surface area contributed by atoms with Crippen molar-refractivity contribution in [2.75, 3.05) is 11.1 Å². The molecular formula is C11H9BrN2OS. The number of halogens is 1. The van der Waals surface area contributed by atoms with E-state index in [0.717, 1.165) is 10.2 Å². The van der Waals surface area contributed by atoms with Gasteiger partial charge in [0, 0.05) is 10.2 Å². The summed E-state index contributed by atoms with van der Waals surface area (Å²) in [6.45, 7) is 0. The second kappa shape index (κ2) is 4.67. The Morgan fingerprint density at radius 2 is 1.88 bits per heavy atom. The lowest BCUT2D eigenvalue weighted by Gasteiger charge is -2.02. The first-order valence-corrected chi connectivity index (χ1v) is 6.18. The fraction of sp³-hybridized carbons (Fsp3) is 0. The predicted molar refractivity (Wildman–Crippen MR) is 70.8 cm³/mol. The number of hydrogen-bond acceptors (Lipinski definition) is 3. The van der Waals surface area contributed by atoms with Crippen LogP contribution >= 0.6 is 27.3 Å². The Hall–Kier alpha value is -1.33. The smallest absolute Gasteiger partial charge is 0.265 e. The topological polar surface area (TPSA) is 55.1 Å². The van der Waals surface area contributed by atoms with Gasteiger partial charge < -0.3 is 11.1 Å². The molecular weight excluding hydrogens is 288 g/mol. The van der Waals surface area contributed by atoms with Gasteiger partial charge in [-0.2, -0.15) is 0 Å². The number of carbonyl (C=O) groups is 1. The molecule has 0 aliphatic heterocycles. The number of nitrogens with two attached hydrogens (primary N) is 1. The van der Waals surface area contributed by atoms with Gasteiger partial charge in [-0.05, 0) is 36.4 Å². The molecule has 0 aliphatic rings. The zero-order chi connectivity index (χ0) is 11.5. The van der Waals surface area contributed by atoms with Crippen LogP contribution in [0.15, 0.2) is 40.9 Å². The third-order valence-electron chi connectivity index (χ3n) is 1.95. The number of anilines is 2. The lowest BCUT2D eigenvalue weighted by molar-refractivity contribution is 0.103. The van der Waals surface area contributed by atoms with E-state index in [2.05, 4.69) is 21.2 Å². The highest BCUT2D eigenvalue weighted by molar-refractivity contribution is 9.10. The van der Waals surface area contributed by atoms with E-state index in [-0.39, 0.29) is 5.91 Å². The first kappa shape index (κ1) is 11.2. The second-order valence-corrected chi connectivity index (χ2v) is 5.19. The third-order valence-corrected chi connectivity index (χ3v) is 3.39. The van der Waals surface area contributed by atoms with Crippen molar-refractivity contribution in [1.29, 1.82) is 0 Å². The summed E-state index contributed by atoms with van der Waals surface area (Å²) in [6.07, 6.45) is 0. The number of nitrogen functional groups attached to an aromatic ring is 1. The summed E-state index contributed by atoms with van der Waals surface area (Å²) < 4.78 is 0.978. The Morgan fingerprint density at radius 3 is 2.44 bits per heavy atom. The van der Waals surface area contributed by atoms with Crippen LogP contribution in [-0.2, 0) is 0 Å². The lowest BCUT2D eigenvalue weighted by atomic mass is 10.3. The molecule has 0 bridgehead atoms. The van der Waals surface area contributed by atoms with E-state index in [0.29, 0.717) is 9.88 Å². The van der Waals surface area contributed by atoms with Crippen molar-refractivity contribution in [2.45, 2.75) is 0 Å². The molecule has 5 heteroatoms. The van der Waals surface area contributed by atoms with Gasteiger partial charge in [-0.1, -0.05) is 15.9 Å². The molecule has 0 spiro atoms. The number of benzene rings is 1. The van der Waals surface area contributed by atoms with Crippen LogP contribution in [0, 0.1) is 0 Å². The number of amides is 1. The van der Waals surface area contributed by atoms with Gasteiger partial charge in [0.25, 0.3) is 5.91 Å². The molecule has 0 radical (unpaired) electrons. The molecule has 82 valence electrons. The van der Waals surface area contributed by atoms with Gasteiger partial charge in [-0.25, -0.2) is 0 Å². The van der Waals surface area contributed by atoms with Crippen LogP contribution in [-0.4, -0.2) is 5.91 Å². The first-order chi connectivity index (χ1) is 7.65. The number of thiophene rings is 1. The minimum absolute atomic E-state index is 0.135. The van der Waals surface area contributed by atoms with Crippen molar-refractivity contribution in [2.24, 2.45) is 0 Å². The van der Waals surface area contributed by atoms with E-state index < -0.39 is 0 Å². The molecule has 0 fully saturated rings. The van der Waals surface area contributed by atoms with Crippen LogP contribution in [0.3, 0.4) is 0 Å². The van der Waals surface area contributed by atoms with Crippen molar-refractivity contribution in [3.05, 3.63) is 45.7 Å². The van der Waals surface area contributed by atoms with Crippen LogP contribution in [0.1, 0.15) is 9.67 Å². The van der Waals surface area contributed by atoms with Gasteiger partial charge in [0.2, 0.25) is 0 Å². The van der Waals surface area contributed by atoms with Gasteiger partial charge in [0.1, 0.15) is 0 Å². The summed E-state index contributed by atoms with van der Waals surface area (Å²) >= 11 is 4.61. The molecule has 1 aromatic carbocycles. The molecule has 0 saturated carbocycles. The monoisotopic (exact) mass is 296 g/mol. The maximum absolute atomic E-state index is 11.7. The van der Waals surface area contributed by atoms with Crippen molar-refractivity contribution in [3.63, 3.8) is 0 Å². The van der Waals surface area contributed by atoms with E-state index in [1.807, 2.05) is 24.3 Å². The molecule has 1 aromatic heterocycles. The maximum Gasteiger partial charge on any atom is 0.265 e. The zero-order valence-electron chi connectivity index (χ0n) is 8.24. The Kier molecular flexibility index (Phi) is 3.26. The maximum atomic E-state index is 11.7. The Bertz CT molecular complexity index is 507. The summed E-state index contributed by atoms with van der Waals surface area (Å²) in [6, 6.07) is 10.9. The van der Waals surface area contributed by atoms with Gasteiger partial charge >= 0.3 is 0 Å². The van der Waals surface area contributed by atoms with Gasteiger partial charge in [0.15, 0.2) is 0 Å². The quantitative estimate of drug-likeness (QED) is 0.893. The van der Waals surface area contributed by atoms with E-state index in [1.165, 1.54) is 11.3 Å². The molecule has 0 aliphatic carbocycles. The molecule has 0 unspecified atom stereocenters. The van der Waals surface area contributed by atoms with Gasteiger partial charge in [0.05, 0.1) is 9.88 Å². The van der Waals surface area contributed by atoms with Gasteiger partial charge in [-0.3, -0.25) is 4.79 Å². The number of rotatable bonds is 2.